The van der Waals surface area contributed by atoms with Gasteiger partial charge in [-0.05, 0) is 43.7 Å². The molecule has 0 saturated heterocycles. The molecule has 9 heteroatoms. The van der Waals surface area contributed by atoms with Crippen LogP contribution in [-0.4, -0.2) is 40.8 Å². The van der Waals surface area contributed by atoms with Crippen molar-refractivity contribution >= 4 is 21.6 Å². The van der Waals surface area contributed by atoms with Crippen molar-refractivity contribution in [3.8, 4) is 11.5 Å². The van der Waals surface area contributed by atoms with Crippen LogP contribution in [0, 0.1) is 5.82 Å². The number of nitrogens with one attached hydrogen (secondary N) is 1. The second kappa shape index (κ2) is 9.13. The van der Waals surface area contributed by atoms with Crippen LogP contribution in [0.15, 0.2) is 42.5 Å². The first-order valence-corrected chi connectivity index (χ1v) is 10.7. The molecule has 0 radical (unpaired) electrons. The Kier molecular flexibility index (Phi) is 7.07. The summed E-state index contributed by atoms with van der Waals surface area (Å²) in [6, 6.07) is 8.85. The number of anilines is 1. The van der Waals surface area contributed by atoms with Crippen molar-refractivity contribution in [2.24, 2.45) is 0 Å². The molecule has 0 spiro atoms. The molecule has 2 unspecified atom stereocenters. The number of sulfonamides is 1. The molecule has 2 atom stereocenters. The minimum atomic E-state index is -3.79. The van der Waals surface area contributed by atoms with Gasteiger partial charge in [-0.2, -0.15) is 0 Å². The summed E-state index contributed by atoms with van der Waals surface area (Å²) in [5, 5.41) is 2.77. The smallest absolute Gasteiger partial charge is 0.244 e. The van der Waals surface area contributed by atoms with Gasteiger partial charge in [0.05, 0.1) is 32.2 Å². The van der Waals surface area contributed by atoms with E-state index < -0.39 is 28.0 Å². The maximum absolute atomic E-state index is 13.1. The molecule has 1 amide bonds. The quantitative estimate of drug-likeness (QED) is 0.704. The number of methoxy groups -OCH3 is 2. The van der Waals surface area contributed by atoms with Crippen molar-refractivity contribution in [1.82, 2.24) is 5.32 Å². The Labute approximate surface area is 170 Å². The highest BCUT2D eigenvalue weighted by Gasteiger charge is 2.30. The van der Waals surface area contributed by atoms with Gasteiger partial charge in [-0.1, -0.05) is 12.1 Å². The molecule has 2 rings (SSSR count). The topological polar surface area (TPSA) is 84.9 Å². The lowest BCUT2D eigenvalue weighted by molar-refractivity contribution is -0.122. The van der Waals surface area contributed by atoms with Crippen molar-refractivity contribution in [2.45, 2.75) is 25.9 Å². The molecule has 0 aliphatic heterocycles. The van der Waals surface area contributed by atoms with Crippen molar-refractivity contribution < 1.29 is 27.1 Å². The first kappa shape index (κ1) is 22.5. The summed E-state index contributed by atoms with van der Waals surface area (Å²) in [5.74, 6) is -0.0999. The van der Waals surface area contributed by atoms with Gasteiger partial charge in [0.1, 0.15) is 11.9 Å². The lowest BCUT2D eigenvalue weighted by Gasteiger charge is -2.29. The molecule has 2 aromatic rings. The summed E-state index contributed by atoms with van der Waals surface area (Å²) in [6.45, 7) is 3.23. The van der Waals surface area contributed by atoms with E-state index in [1.54, 1.807) is 25.1 Å². The molecule has 0 aliphatic carbocycles. The summed E-state index contributed by atoms with van der Waals surface area (Å²) in [7, 11) is -0.878. The Morgan fingerprint density at radius 2 is 1.62 bits per heavy atom. The zero-order valence-electron chi connectivity index (χ0n) is 17.0. The summed E-state index contributed by atoms with van der Waals surface area (Å²) in [4.78, 5) is 12.8. The van der Waals surface area contributed by atoms with Crippen LogP contribution >= 0.6 is 0 Å². The number of benzene rings is 2. The number of hydrogen-bond donors (Lipinski definition) is 1. The van der Waals surface area contributed by atoms with Crippen LogP contribution < -0.4 is 19.1 Å². The van der Waals surface area contributed by atoms with Crippen molar-refractivity contribution in [3.63, 3.8) is 0 Å². The minimum absolute atomic E-state index is 0.266. The highest BCUT2D eigenvalue weighted by molar-refractivity contribution is 7.92. The number of ether oxygens (including phenoxy) is 2. The normalized spacial score (nSPS) is 13.3. The van der Waals surface area contributed by atoms with E-state index in [9.17, 15) is 17.6 Å². The maximum atomic E-state index is 13.1. The molecule has 1 N–H and O–H groups in total. The van der Waals surface area contributed by atoms with Crippen LogP contribution in [0.5, 0.6) is 11.5 Å². The summed E-state index contributed by atoms with van der Waals surface area (Å²) in [5.41, 5.74) is 0.964. The maximum Gasteiger partial charge on any atom is 0.244 e. The Hall–Kier alpha value is -2.81. The van der Waals surface area contributed by atoms with Crippen molar-refractivity contribution in [2.75, 3.05) is 24.8 Å². The second-order valence-electron chi connectivity index (χ2n) is 6.56. The highest BCUT2D eigenvalue weighted by atomic mass is 32.2. The van der Waals surface area contributed by atoms with E-state index in [4.69, 9.17) is 9.47 Å². The first-order valence-electron chi connectivity index (χ1n) is 8.85. The molecule has 0 fully saturated rings. The Bertz CT molecular complexity index is 963. The van der Waals surface area contributed by atoms with Crippen molar-refractivity contribution in [1.29, 1.82) is 0 Å². The fraction of sp³-hybridized carbons (Fsp3) is 0.350. The average Bonchev–Trinajstić information content (AvgIpc) is 2.67. The van der Waals surface area contributed by atoms with Crippen LogP contribution in [0.25, 0.3) is 0 Å². The Morgan fingerprint density at radius 3 is 2.14 bits per heavy atom. The van der Waals surface area contributed by atoms with Gasteiger partial charge in [0, 0.05) is 6.07 Å². The number of carbonyl (C=O) groups excluding carboxylic acids is 1. The monoisotopic (exact) mass is 424 g/mol. The van der Waals surface area contributed by atoms with E-state index in [1.165, 1.54) is 45.4 Å². The number of hydrogen-bond acceptors (Lipinski definition) is 5. The number of nitrogens with zero attached hydrogens (tertiary/aromatic N) is 1. The van der Waals surface area contributed by atoms with Gasteiger partial charge in [-0.25, -0.2) is 12.8 Å². The fourth-order valence-corrected chi connectivity index (χ4v) is 4.11. The molecule has 0 aliphatic rings. The van der Waals surface area contributed by atoms with E-state index in [2.05, 4.69) is 5.32 Å². The van der Waals surface area contributed by atoms with Crippen LogP contribution in [-0.2, 0) is 14.8 Å². The third kappa shape index (κ3) is 5.38. The van der Waals surface area contributed by atoms with Gasteiger partial charge >= 0.3 is 0 Å². The molecule has 29 heavy (non-hydrogen) atoms. The first-order chi connectivity index (χ1) is 13.6. The highest BCUT2D eigenvalue weighted by Crippen LogP contribution is 2.33. The van der Waals surface area contributed by atoms with E-state index in [0.717, 1.165) is 10.6 Å². The van der Waals surface area contributed by atoms with Crippen LogP contribution in [0.2, 0.25) is 0 Å². The third-order valence-corrected chi connectivity index (χ3v) is 5.68. The summed E-state index contributed by atoms with van der Waals surface area (Å²) >= 11 is 0. The molecule has 7 nitrogen and oxygen atoms in total. The molecular formula is C20H25FN2O5S. The van der Waals surface area contributed by atoms with E-state index in [1.807, 2.05) is 0 Å². The zero-order chi connectivity index (χ0) is 21.8. The molecule has 0 heterocycles. The van der Waals surface area contributed by atoms with Crippen molar-refractivity contribution in [3.05, 3.63) is 53.8 Å². The van der Waals surface area contributed by atoms with Gasteiger partial charge < -0.3 is 14.8 Å². The van der Waals surface area contributed by atoms with Gasteiger partial charge in [0.2, 0.25) is 15.9 Å². The fourth-order valence-electron chi connectivity index (χ4n) is 2.94. The molecule has 2 aromatic carbocycles. The number of rotatable bonds is 8. The van der Waals surface area contributed by atoms with E-state index in [-0.39, 0.29) is 11.5 Å². The van der Waals surface area contributed by atoms with E-state index >= 15 is 0 Å². The third-order valence-electron chi connectivity index (χ3n) is 4.44. The molecule has 0 bridgehead atoms. The van der Waals surface area contributed by atoms with Gasteiger partial charge in [0.15, 0.2) is 11.5 Å². The van der Waals surface area contributed by atoms with E-state index in [0.29, 0.717) is 17.1 Å². The van der Waals surface area contributed by atoms with Crippen LogP contribution in [0.3, 0.4) is 0 Å². The lowest BCUT2D eigenvalue weighted by Crippen LogP contribution is -2.48. The van der Waals surface area contributed by atoms with Gasteiger partial charge in [-0.15, -0.1) is 0 Å². The van der Waals surface area contributed by atoms with Gasteiger partial charge in [-0.3, -0.25) is 9.10 Å². The summed E-state index contributed by atoms with van der Waals surface area (Å²) in [6.07, 6.45) is 1.02. The molecule has 0 aromatic heterocycles. The largest absolute Gasteiger partial charge is 0.493 e. The standard InChI is InChI=1S/C20H25FN2O5S/c1-13(15-6-8-16(21)9-7-15)22-20(24)14(2)23(29(5,25)26)17-10-11-18(27-3)19(12-17)28-4/h6-14H,1-5H3,(H,22,24). The zero-order valence-corrected chi connectivity index (χ0v) is 17.8. The molecule has 158 valence electrons. The van der Waals surface area contributed by atoms with Gasteiger partial charge in [0.25, 0.3) is 0 Å². The summed E-state index contributed by atoms with van der Waals surface area (Å²) < 4.78 is 49.4. The SMILES string of the molecule is COc1ccc(N(C(C)C(=O)NC(C)c2ccc(F)cc2)S(C)(=O)=O)cc1OC. The van der Waals surface area contributed by atoms with Crippen LogP contribution in [0.1, 0.15) is 25.5 Å². The predicted octanol–water partition coefficient (Wildman–Crippen LogP) is 2.87. The number of amides is 1. The predicted molar refractivity (Wildman–Crippen MR) is 109 cm³/mol. The Balaban J connectivity index is 2.30. The molecular weight excluding hydrogens is 399 g/mol. The van der Waals surface area contributed by atoms with Crippen LogP contribution in [0.4, 0.5) is 10.1 Å². The Morgan fingerprint density at radius 1 is 1.03 bits per heavy atom. The lowest BCUT2D eigenvalue weighted by atomic mass is 10.1. The average molecular weight is 424 g/mol. The minimum Gasteiger partial charge on any atom is -0.493 e. The molecule has 0 saturated carbocycles. The number of halogens is 1. The number of carbonyl (C=O) groups is 1. The second-order valence-corrected chi connectivity index (χ2v) is 8.42.